The number of nitrogens with zero attached hydrogens (tertiary/aromatic N) is 2. The second-order valence-corrected chi connectivity index (χ2v) is 9.10. The average Bonchev–Trinajstić information content (AvgIpc) is 3.18. The number of Topliss-reactive ketones (excluding diaryl/α,β-unsaturated/α-hetero) is 2. The molecule has 2 aliphatic heterocycles. The third-order valence-electron chi connectivity index (χ3n) is 5.77. The number of carbonyl (C=O) groups excluding carboxylic acids is 4. The van der Waals surface area contributed by atoms with Gasteiger partial charge in [-0.25, -0.2) is 0 Å². The molecule has 2 unspecified atom stereocenters. The number of halogens is 1. The third-order valence-corrected chi connectivity index (χ3v) is 6.10. The van der Waals surface area contributed by atoms with E-state index in [1.807, 2.05) is 32.9 Å². The summed E-state index contributed by atoms with van der Waals surface area (Å²) < 4.78 is 5.72. The van der Waals surface area contributed by atoms with E-state index in [0.29, 0.717) is 30.2 Å². The lowest BCUT2D eigenvalue weighted by atomic mass is 9.89. The second kappa shape index (κ2) is 9.81. The predicted octanol–water partition coefficient (Wildman–Crippen LogP) is 2.98. The Labute approximate surface area is 187 Å². The van der Waals surface area contributed by atoms with Crippen LogP contribution in [0.25, 0.3) is 0 Å². The molecule has 0 saturated carbocycles. The van der Waals surface area contributed by atoms with Crippen molar-refractivity contribution in [3.05, 3.63) is 28.8 Å². The molecule has 8 heteroatoms. The van der Waals surface area contributed by atoms with Gasteiger partial charge in [0, 0.05) is 17.6 Å². The van der Waals surface area contributed by atoms with Gasteiger partial charge >= 0.3 is 0 Å². The average molecular weight is 449 g/mol. The Balaban J connectivity index is 1.78. The first-order chi connectivity index (χ1) is 14.6. The van der Waals surface area contributed by atoms with Gasteiger partial charge < -0.3 is 14.5 Å². The Morgan fingerprint density at radius 3 is 2.23 bits per heavy atom. The molecule has 2 amide bonds. The Morgan fingerprint density at radius 2 is 1.68 bits per heavy atom. The summed E-state index contributed by atoms with van der Waals surface area (Å²) in [5.41, 5.74) is 0.903. The maximum atomic E-state index is 12.2. The lowest BCUT2D eigenvalue weighted by Crippen LogP contribution is -2.36. The topological polar surface area (TPSA) is 84.0 Å². The summed E-state index contributed by atoms with van der Waals surface area (Å²) in [6.07, 6.45) is 1.15. The van der Waals surface area contributed by atoms with E-state index >= 15 is 0 Å². The van der Waals surface area contributed by atoms with E-state index in [2.05, 4.69) is 0 Å². The number of benzene rings is 1. The molecule has 0 N–H and O–H groups in total. The molecule has 2 heterocycles. The van der Waals surface area contributed by atoms with E-state index in [0.717, 1.165) is 5.56 Å². The van der Waals surface area contributed by atoms with Gasteiger partial charge in [0.25, 0.3) is 0 Å². The van der Waals surface area contributed by atoms with E-state index in [4.69, 9.17) is 16.3 Å². The van der Waals surface area contributed by atoms with Gasteiger partial charge in [0.15, 0.2) is 11.6 Å². The second-order valence-electron chi connectivity index (χ2n) is 8.69. The third kappa shape index (κ3) is 5.85. The van der Waals surface area contributed by atoms with E-state index in [9.17, 15) is 19.2 Å². The molecule has 0 aromatic heterocycles. The number of rotatable bonds is 9. The van der Waals surface area contributed by atoms with Gasteiger partial charge in [-0.2, -0.15) is 0 Å². The molecule has 0 spiro atoms. The molecule has 2 fully saturated rings. The lowest BCUT2D eigenvalue weighted by molar-refractivity contribution is -0.129. The van der Waals surface area contributed by atoms with Crippen molar-refractivity contribution in [1.29, 1.82) is 0 Å². The summed E-state index contributed by atoms with van der Waals surface area (Å²) in [6, 6.07) is 5.42. The maximum Gasteiger partial charge on any atom is 0.230 e. The number of ketones is 2. The molecule has 2 atom stereocenters. The minimum Gasteiger partial charge on any atom is -0.491 e. The summed E-state index contributed by atoms with van der Waals surface area (Å²) in [4.78, 5) is 50.7. The van der Waals surface area contributed by atoms with Crippen LogP contribution in [0.1, 0.15) is 57.9 Å². The monoisotopic (exact) mass is 448 g/mol. The Bertz CT molecular complexity index is 885. The van der Waals surface area contributed by atoms with Crippen LogP contribution in [0.2, 0.25) is 5.02 Å². The van der Waals surface area contributed by atoms with Gasteiger partial charge in [0.2, 0.25) is 11.8 Å². The Morgan fingerprint density at radius 1 is 1.00 bits per heavy atom. The highest BCUT2D eigenvalue weighted by molar-refractivity contribution is 6.31. The van der Waals surface area contributed by atoms with Crippen LogP contribution >= 0.6 is 11.6 Å². The minimum absolute atomic E-state index is 0.0233. The lowest BCUT2D eigenvalue weighted by Gasteiger charge is -2.29. The molecule has 0 aliphatic carbocycles. The summed E-state index contributed by atoms with van der Waals surface area (Å²) in [5.74, 6) is 0.193. The van der Waals surface area contributed by atoms with Crippen molar-refractivity contribution in [2.24, 2.45) is 0 Å². The molecule has 7 nitrogen and oxygen atoms in total. The Hall–Kier alpha value is -2.41. The van der Waals surface area contributed by atoms with Gasteiger partial charge in [-0.1, -0.05) is 17.7 Å². The molecule has 0 bridgehead atoms. The van der Waals surface area contributed by atoms with Crippen molar-refractivity contribution in [2.45, 2.75) is 64.5 Å². The highest BCUT2D eigenvalue weighted by Gasteiger charge is 2.33. The smallest absolute Gasteiger partial charge is 0.230 e. The molecular formula is C23H29ClN2O5. The SMILES string of the molecule is CC(C)Oc1ccc(C(CCN2CC(=O)CC2=O)CC(C)N2CC(=O)CC2=O)c(Cl)c1. The quantitative estimate of drug-likeness (QED) is 0.542. The van der Waals surface area contributed by atoms with Crippen LogP contribution in [0.3, 0.4) is 0 Å². The first-order valence-corrected chi connectivity index (χ1v) is 11.1. The van der Waals surface area contributed by atoms with Gasteiger partial charge in [-0.05, 0) is 57.2 Å². The number of likely N-dealkylation sites (tertiary alicyclic amines) is 2. The summed E-state index contributed by atoms with van der Waals surface area (Å²) in [6.45, 7) is 6.54. The van der Waals surface area contributed by atoms with E-state index in [1.165, 1.54) is 0 Å². The molecule has 3 rings (SSSR count). The Kier molecular flexibility index (Phi) is 7.36. The fourth-order valence-corrected chi connectivity index (χ4v) is 4.61. The fraction of sp³-hybridized carbons (Fsp3) is 0.565. The highest BCUT2D eigenvalue weighted by Crippen LogP contribution is 2.35. The normalized spacial score (nSPS) is 19.0. The van der Waals surface area contributed by atoms with Crippen molar-refractivity contribution in [3.63, 3.8) is 0 Å². The highest BCUT2D eigenvalue weighted by atomic mass is 35.5. The van der Waals surface area contributed by atoms with Crippen LogP contribution in [0.4, 0.5) is 0 Å². The predicted molar refractivity (Wildman–Crippen MR) is 116 cm³/mol. The van der Waals surface area contributed by atoms with Crippen molar-refractivity contribution < 1.29 is 23.9 Å². The standard InChI is InChI=1S/C23H29ClN2O5/c1-14(2)31-19-4-5-20(21(24)11-19)16(6-7-25-12-17(27)9-22(25)29)8-15(3)26-13-18(28)10-23(26)30/h4-5,11,14-16H,6-10,12-13H2,1-3H3. The summed E-state index contributed by atoms with van der Waals surface area (Å²) >= 11 is 6.60. The zero-order valence-corrected chi connectivity index (χ0v) is 19.0. The van der Waals surface area contributed by atoms with Gasteiger partial charge in [0.1, 0.15) is 5.75 Å². The van der Waals surface area contributed by atoms with Crippen molar-refractivity contribution in [3.8, 4) is 5.75 Å². The molecule has 0 radical (unpaired) electrons. The van der Waals surface area contributed by atoms with Crippen molar-refractivity contribution >= 4 is 35.0 Å². The largest absolute Gasteiger partial charge is 0.491 e. The molecule has 168 valence electrons. The van der Waals surface area contributed by atoms with Crippen LogP contribution in [0.15, 0.2) is 18.2 Å². The minimum atomic E-state index is -0.150. The molecule has 2 saturated heterocycles. The van der Waals surface area contributed by atoms with Gasteiger partial charge in [-0.3, -0.25) is 19.2 Å². The van der Waals surface area contributed by atoms with Crippen molar-refractivity contribution in [1.82, 2.24) is 9.80 Å². The first-order valence-electron chi connectivity index (χ1n) is 10.7. The van der Waals surface area contributed by atoms with Crippen LogP contribution in [0, 0.1) is 0 Å². The van der Waals surface area contributed by atoms with E-state index in [-0.39, 0.29) is 67.4 Å². The van der Waals surface area contributed by atoms with Crippen LogP contribution in [-0.2, 0) is 19.2 Å². The number of ether oxygens (including phenoxy) is 1. The van der Waals surface area contributed by atoms with Gasteiger partial charge in [-0.15, -0.1) is 0 Å². The number of hydrogen-bond acceptors (Lipinski definition) is 5. The molecule has 1 aromatic carbocycles. The molecule has 31 heavy (non-hydrogen) atoms. The molecular weight excluding hydrogens is 420 g/mol. The van der Waals surface area contributed by atoms with E-state index < -0.39 is 0 Å². The van der Waals surface area contributed by atoms with Gasteiger partial charge in [0.05, 0.1) is 32.0 Å². The zero-order valence-electron chi connectivity index (χ0n) is 18.2. The van der Waals surface area contributed by atoms with Crippen LogP contribution in [0.5, 0.6) is 5.75 Å². The maximum absolute atomic E-state index is 12.2. The molecule has 1 aromatic rings. The van der Waals surface area contributed by atoms with E-state index in [1.54, 1.807) is 15.9 Å². The van der Waals surface area contributed by atoms with Crippen LogP contribution in [-0.4, -0.2) is 65.0 Å². The fourth-order valence-electron chi connectivity index (χ4n) is 4.28. The summed E-state index contributed by atoms with van der Waals surface area (Å²) in [7, 11) is 0. The molecule has 2 aliphatic rings. The number of carbonyl (C=O) groups is 4. The zero-order chi connectivity index (χ0) is 22.7. The number of amides is 2. The van der Waals surface area contributed by atoms with Crippen LogP contribution < -0.4 is 4.74 Å². The first kappa shape index (κ1) is 23.3. The summed E-state index contributed by atoms with van der Waals surface area (Å²) in [5, 5.41) is 0.558. The van der Waals surface area contributed by atoms with Crippen molar-refractivity contribution in [2.75, 3.05) is 19.6 Å². The number of hydrogen-bond donors (Lipinski definition) is 0.